The molecule has 2 heterocycles. The highest BCUT2D eigenvalue weighted by Gasteiger charge is 2.33. The molecule has 1 aromatic carbocycles. The van der Waals surface area contributed by atoms with Crippen molar-refractivity contribution in [1.29, 1.82) is 0 Å². The third kappa shape index (κ3) is 3.65. The molecule has 0 N–H and O–H groups in total. The number of carbonyl (C=O) groups is 1. The standard InChI is InChI=1S/C20H25N3O2/c1-5-18-21-10-15-11-23(12-16(15)22-18)20(24)19(13(2)3)25-17-9-7-6-8-14(17)4/h6-10,13,19H,5,11-12H2,1-4H3/t19-/m0/s1. The van der Waals surface area contributed by atoms with Crippen molar-refractivity contribution in [2.45, 2.75) is 53.3 Å². The second kappa shape index (κ2) is 7.21. The highest BCUT2D eigenvalue weighted by molar-refractivity contribution is 5.82. The number of amides is 1. The van der Waals surface area contributed by atoms with E-state index in [1.807, 2.05) is 63.1 Å². The van der Waals surface area contributed by atoms with Crippen molar-refractivity contribution in [2.24, 2.45) is 5.92 Å². The van der Waals surface area contributed by atoms with Crippen LogP contribution in [0.15, 0.2) is 30.5 Å². The fourth-order valence-electron chi connectivity index (χ4n) is 3.00. The van der Waals surface area contributed by atoms with Gasteiger partial charge in [-0.3, -0.25) is 4.79 Å². The number of rotatable bonds is 5. The number of ether oxygens (including phenoxy) is 1. The predicted octanol–water partition coefficient (Wildman–Crippen LogP) is 3.29. The smallest absolute Gasteiger partial charge is 0.264 e. The third-order valence-corrected chi connectivity index (χ3v) is 4.53. The summed E-state index contributed by atoms with van der Waals surface area (Å²) in [5, 5.41) is 0. The first-order chi connectivity index (χ1) is 12.0. The van der Waals surface area contributed by atoms with E-state index in [1.54, 1.807) is 0 Å². The molecule has 0 radical (unpaired) electrons. The molecule has 0 saturated heterocycles. The molecule has 0 aliphatic carbocycles. The largest absolute Gasteiger partial charge is 0.480 e. The lowest BCUT2D eigenvalue weighted by atomic mass is 10.1. The summed E-state index contributed by atoms with van der Waals surface area (Å²) < 4.78 is 6.10. The Labute approximate surface area is 149 Å². The Morgan fingerprint density at radius 2 is 2.04 bits per heavy atom. The van der Waals surface area contributed by atoms with Crippen LogP contribution in [0.2, 0.25) is 0 Å². The topological polar surface area (TPSA) is 55.3 Å². The number of fused-ring (bicyclic) bond motifs is 1. The normalized spacial score (nSPS) is 14.5. The summed E-state index contributed by atoms with van der Waals surface area (Å²) in [5.41, 5.74) is 3.02. The van der Waals surface area contributed by atoms with Crippen molar-refractivity contribution in [2.75, 3.05) is 0 Å². The maximum Gasteiger partial charge on any atom is 0.264 e. The van der Waals surface area contributed by atoms with E-state index in [0.717, 1.165) is 34.8 Å². The van der Waals surface area contributed by atoms with Gasteiger partial charge in [0.1, 0.15) is 11.6 Å². The Bertz CT molecular complexity index is 773. The molecular weight excluding hydrogens is 314 g/mol. The van der Waals surface area contributed by atoms with Gasteiger partial charge in [-0.2, -0.15) is 0 Å². The lowest BCUT2D eigenvalue weighted by molar-refractivity contribution is -0.141. The van der Waals surface area contributed by atoms with Crippen LogP contribution in [0.25, 0.3) is 0 Å². The third-order valence-electron chi connectivity index (χ3n) is 4.53. The summed E-state index contributed by atoms with van der Waals surface area (Å²) in [6, 6.07) is 7.80. The van der Waals surface area contributed by atoms with E-state index in [9.17, 15) is 4.79 Å². The molecule has 2 aromatic rings. The van der Waals surface area contributed by atoms with Gasteiger partial charge >= 0.3 is 0 Å². The van der Waals surface area contributed by atoms with Crippen molar-refractivity contribution in [3.8, 4) is 5.75 Å². The molecule has 25 heavy (non-hydrogen) atoms. The molecular formula is C20H25N3O2. The first kappa shape index (κ1) is 17.4. The number of aryl methyl sites for hydroxylation is 2. The van der Waals surface area contributed by atoms with Crippen molar-refractivity contribution in [3.05, 3.63) is 53.1 Å². The SMILES string of the molecule is CCc1ncc2c(n1)CN(C(=O)[C@@H](Oc1ccccc1C)C(C)C)C2. The lowest BCUT2D eigenvalue weighted by Gasteiger charge is -2.27. The Kier molecular flexibility index (Phi) is 5.02. The summed E-state index contributed by atoms with van der Waals surface area (Å²) in [5.74, 6) is 1.67. The summed E-state index contributed by atoms with van der Waals surface area (Å²) in [4.78, 5) is 23.8. The molecule has 132 valence electrons. The lowest BCUT2D eigenvalue weighted by Crippen LogP contribution is -2.42. The van der Waals surface area contributed by atoms with Crippen molar-refractivity contribution < 1.29 is 9.53 Å². The number of nitrogens with zero attached hydrogens (tertiary/aromatic N) is 3. The highest BCUT2D eigenvalue weighted by atomic mass is 16.5. The molecule has 1 aromatic heterocycles. The molecule has 1 aliphatic heterocycles. The zero-order valence-electron chi connectivity index (χ0n) is 15.3. The minimum atomic E-state index is -0.506. The molecule has 1 aliphatic rings. The van der Waals surface area contributed by atoms with Gasteiger partial charge in [0.2, 0.25) is 0 Å². The van der Waals surface area contributed by atoms with Gasteiger partial charge < -0.3 is 9.64 Å². The van der Waals surface area contributed by atoms with Crippen LogP contribution in [0.1, 0.15) is 43.4 Å². The number of hydrogen-bond donors (Lipinski definition) is 0. The Morgan fingerprint density at radius 3 is 2.72 bits per heavy atom. The van der Waals surface area contributed by atoms with Gasteiger partial charge in [-0.15, -0.1) is 0 Å². The van der Waals surface area contributed by atoms with Gasteiger partial charge in [0, 0.05) is 24.7 Å². The van der Waals surface area contributed by atoms with Gasteiger partial charge in [-0.1, -0.05) is 39.0 Å². The van der Waals surface area contributed by atoms with E-state index in [0.29, 0.717) is 13.1 Å². The van der Waals surface area contributed by atoms with E-state index >= 15 is 0 Å². The van der Waals surface area contributed by atoms with Gasteiger partial charge in [0.05, 0.1) is 12.2 Å². The minimum absolute atomic E-state index is 0.00861. The second-order valence-corrected chi connectivity index (χ2v) is 6.85. The molecule has 0 spiro atoms. The van der Waals surface area contributed by atoms with E-state index in [1.165, 1.54) is 0 Å². The summed E-state index contributed by atoms with van der Waals surface area (Å²) in [7, 11) is 0. The van der Waals surface area contributed by atoms with E-state index in [2.05, 4.69) is 9.97 Å². The van der Waals surface area contributed by atoms with Gasteiger partial charge in [0.15, 0.2) is 6.10 Å². The van der Waals surface area contributed by atoms with E-state index in [4.69, 9.17) is 4.74 Å². The average Bonchev–Trinajstić information content (AvgIpc) is 3.03. The number of benzene rings is 1. The molecule has 5 heteroatoms. The molecule has 0 bridgehead atoms. The molecule has 0 saturated carbocycles. The fraction of sp³-hybridized carbons (Fsp3) is 0.450. The first-order valence-corrected chi connectivity index (χ1v) is 8.84. The first-order valence-electron chi connectivity index (χ1n) is 8.84. The quantitative estimate of drug-likeness (QED) is 0.839. The summed E-state index contributed by atoms with van der Waals surface area (Å²) in [6.45, 7) is 9.13. The van der Waals surface area contributed by atoms with E-state index < -0.39 is 6.10 Å². The minimum Gasteiger partial charge on any atom is -0.480 e. The Morgan fingerprint density at radius 1 is 1.28 bits per heavy atom. The molecule has 0 unspecified atom stereocenters. The number of aromatic nitrogens is 2. The summed E-state index contributed by atoms with van der Waals surface area (Å²) in [6.07, 6.45) is 2.14. The highest BCUT2D eigenvalue weighted by Crippen LogP contribution is 2.25. The maximum atomic E-state index is 13.1. The molecule has 3 rings (SSSR count). The zero-order valence-corrected chi connectivity index (χ0v) is 15.3. The van der Waals surface area contributed by atoms with Gasteiger partial charge in [0.25, 0.3) is 5.91 Å². The van der Waals surface area contributed by atoms with Crippen LogP contribution in [0.4, 0.5) is 0 Å². The Balaban J connectivity index is 1.77. The Hall–Kier alpha value is -2.43. The molecule has 1 atom stereocenters. The van der Waals surface area contributed by atoms with Crippen LogP contribution in [-0.4, -0.2) is 26.9 Å². The number of carbonyl (C=O) groups excluding carboxylic acids is 1. The zero-order chi connectivity index (χ0) is 18.0. The maximum absolute atomic E-state index is 13.1. The van der Waals surface area contributed by atoms with Crippen LogP contribution in [-0.2, 0) is 24.3 Å². The van der Waals surface area contributed by atoms with Crippen LogP contribution in [0.3, 0.4) is 0 Å². The average molecular weight is 339 g/mol. The number of para-hydroxylation sites is 1. The second-order valence-electron chi connectivity index (χ2n) is 6.85. The van der Waals surface area contributed by atoms with Crippen molar-refractivity contribution in [3.63, 3.8) is 0 Å². The molecule has 1 amide bonds. The number of hydrogen-bond acceptors (Lipinski definition) is 4. The van der Waals surface area contributed by atoms with Crippen LogP contribution >= 0.6 is 0 Å². The van der Waals surface area contributed by atoms with Gasteiger partial charge in [-0.05, 0) is 24.5 Å². The molecule has 5 nitrogen and oxygen atoms in total. The fourth-order valence-corrected chi connectivity index (χ4v) is 3.00. The van der Waals surface area contributed by atoms with E-state index in [-0.39, 0.29) is 11.8 Å². The van der Waals surface area contributed by atoms with Crippen molar-refractivity contribution >= 4 is 5.91 Å². The van der Waals surface area contributed by atoms with Crippen LogP contribution in [0.5, 0.6) is 5.75 Å². The molecule has 0 fully saturated rings. The summed E-state index contributed by atoms with van der Waals surface area (Å²) >= 11 is 0. The van der Waals surface area contributed by atoms with Crippen LogP contribution in [0, 0.1) is 12.8 Å². The predicted molar refractivity (Wildman–Crippen MR) is 96.1 cm³/mol. The van der Waals surface area contributed by atoms with Crippen LogP contribution < -0.4 is 4.74 Å². The monoisotopic (exact) mass is 339 g/mol. The van der Waals surface area contributed by atoms with Crippen molar-refractivity contribution in [1.82, 2.24) is 14.9 Å². The van der Waals surface area contributed by atoms with Gasteiger partial charge in [-0.25, -0.2) is 9.97 Å².